The average molecular weight is 301 g/mol. The molecule has 0 saturated carbocycles. The van der Waals surface area contributed by atoms with Gasteiger partial charge in [0.05, 0.1) is 5.69 Å². The van der Waals surface area contributed by atoms with Gasteiger partial charge in [0.25, 0.3) is 0 Å². The Labute approximate surface area is 133 Å². The number of carbonyl (C=O) groups is 1. The van der Waals surface area contributed by atoms with Crippen LogP contribution in [0.5, 0.6) is 0 Å². The SMILES string of the molecule is O=C(O)C1=Nc2c(ccc3ccccc23)C1Cc1ccccc1. The number of benzene rings is 3. The molecule has 0 bridgehead atoms. The molecule has 1 aliphatic rings. The van der Waals surface area contributed by atoms with E-state index in [1.165, 1.54) is 0 Å². The second kappa shape index (κ2) is 5.36. The van der Waals surface area contributed by atoms with Crippen LogP contribution in [0, 0.1) is 0 Å². The quantitative estimate of drug-likeness (QED) is 0.782. The summed E-state index contributed by atoms with van der Waals surface area (Å²) in [6.07, 6.45) is 0.650. The van der Waals surface area contributed by atoms with Crippen LogP contribution in [0.15, 0.2) is 71.7 Å². The van der Waals surface area contributed by atoms with Crippen molar-refractivity contribution in [1.29, 1.82) is 0 Å². The maximum Gasteiger partial charge on any atom is 0.350 e. The Morgan fingerprint density at radius 3 is 2.48 bits per heavy atom. The maximum atomic E-state index is 11.7. The Balaban J connectivity index is 1.86. The lowest BCUT2D eigenvalue weighted by atomic mass is 9.88. The predicted molar refractivity (Wildman–Crippen MR) is 91.6 cm³/mol. The first kappa shape index (κ1) is 13.7. The third-order valence-electron chi connectivity index (χ3n) is 4.37. The van der Waals surface area contributed by atoms with Gasteiger partial charge in [0.15, 0.2) is 0 Å². The van der Waals surface area contributed by atoms with Crippen LogP contribution >= 0.6 is 0 Å². The van der Waals surface area contributed by atoms with Crippen LogP contribution in [0.1, 0.15) is 17.0 Å². The summed E-state index contributed by atoms with van der Waals surface area (Å²) in [6.45, 7) is 0. The molecule has 0 amide bonds. The molecular weight excluding hydrogens is 286 g/mol. The van der Waals surface area contributed by atoms with Crippen molar-refractivity contribution in [3.63, 3.8) is 0 Å². The van der Waals surface area contributed by atoms with E-state index in [1.54, 1.807) is 0 Å². The Morgan fingerprint density at radius 1 is 0.957 bits per heavy atom. The van der Waals surface area contributed by atoms with Gasteiger partial charge < -0.3 is 5.11 Å². The van der Waals surface area contributed by atoms with Crippen molar-refractivity contribution in [2.24, 2.45) is 4.99 Å². The van der Waals surface area contributed by atoms with Crippen LogP contribution in [-0.4, -0.2) is 16.8 Å². The first-order valence-electron chi connectivity index (χ1n) is 7.61. The highest BCUT2D eigenvalue weighted by molar-refractivity contribution is 6.40. The number of carboxylic acid groups (broad SMARTS) is 1. The van der Waals surface area contributed by atoms with Crippen molar-refractivity contribution < 1.29 is 9.90 Å². The van der Waals surface area contributed by atoms with Crippen LogP contribution in [0.25, 0.3) is 10.8 Å². The Morgan fingerprint density at radius 2 is 1.70 bits per heavy atom. The van der Waals surface area contributed by atoms with E-state index < -0.39 is 5.97 Å². The summed E-state index contributed by atoms with van der Waals surface area (Å²) in [6, 6.07) is 22.0. The molecule has 0 radical (unpaired) electrons. The number of fused-ring (bicyclic) bond motifs is 3. The molecule has 23 heavy (non-hydrogen) atoms. The fourth-order valence-electron chi connectivity index (χ4n) is 3.28. The summed E-state index contributed by atoms with van der Waals surface area (Å²) in [5.74, 6) is -1.14. The van der Waals surface area contributed by atoms with Crippen LogP contribution in [0.2, 0.25) is 0 Å². The molecule has 0 spiro atoms. The first-order valence-corrected chi connectivity index (χ1v) is 7.61. The normalized spacial score (nSPS) is 16.2. The Bertz CT molecular complexity index is 929. The molecule has 3 aromatic carbocycles. The number of nitrogens with zero attached hydrogens (tertiary/aromatic N) is 1. The molecule has 112 valence electrons. The third-order valence-corrected chi connectivity index (χ3v) is 4.37. The van der Waals surface area contributed by atoms with Gasteiger partial charge in [-0.1, -0.05) is 66.7 Å². The highest BCUT2D eigenvalue weighted by Gasteiger charge is 2.32. The second-order valence-corrected chi connectivity index (χ2v) is 5.77. The molecule has 3 aromatic rings. The van der Waals surface area contributed by atoms with Gasteiger partial charge in [0.2, 0.25) is 0 Å². The Hall–Kier alpha value is -2.94. The van der Waals surface area contributed by atoms with Crippen LogP contribution < -0.4 is 0 Å². The molecule has 4 rings (SSSR count). The zero-order chi connectivity index (χ0) is 15.8. The highest BCUT2D eigenvalue weighted by Crippen LogP contribution is 2.42. The molecule has 1 atom stereocenters. The first-order chi connectivity index (χ1) is 11.2. The molecule has 0 fully saturated rings. The number of carboxylic acids is 1. The van der Waals surface area contributed by atoms with Crippen molar-refractivity contribution in [2.45, 2.75) is 12.3 Å². The summed E-state index contributed by atoms with van der Waals surface area (Å²) in [5, 5.41) is 11.7. The van der Waals surface area contributed by atoms with Crippen molar-refractivity contribution in [3.8, 4) is 0 Å². The van der Waals surface area contributed by atoms with E-state index in [4.69, 9.17) is 0 Å². The molecule has 1 aliphatic heterocycles. The maximum absolute atomic E-state index is 11.7. The zero-order valence-electron chi connectivity index (χ0n) is 12.4. The number of aliphatic carboxylic acids is 1. The lowest BCUT2D eigenvalue weighted by Gasteiger charge is -2.13. The molecule has 1 unspecified atom stereocenters. The monoisotopic (exact) mass is 301 g/mol. The number of rotatable bonds is 3. The van der Waals surface area contributed by atoms with Crippen LogP contribution in [0.3, 0.4) is 0 Å². The third kappa shape index (κ3) is 2.30. The van der Waals surface area contributed by atoms with Crippen LogP contribution in [0.4, 0.5) is 5.69 Å². The largest absolute Gasteiger partial charge is 0.477 e. The molecule has 1 heterocycles. The minimum atomic E-state index is -0.939. The molecule has 0 aromatic heterocycles. The standard InChI is InChI=1S/C20H15NO2/c22-20(23)19-17(12-13-6-2-1-3-7-13)16-11-10-14-8-4-5-9-15(14)18(16)21-19/h1-11,17H,12H2,(H,22,23). The van der Waals surface area contributed by atoms with E-state index >= 15 is 0 Å². The molecule has 3 nitrogen and oxygen atoms in total. The number of hydrogen-bond donors (Lipinski definition) is 1. The molecule has 1 N–H and O–H groups in total. The van der Waals surface area contributed by atoms with Gasteiger partial charge in [-0.15, -0.1) is 0 Å². The molecular formula is C20H15NO2. The highest BCUT2D eigenvalue weighted by atomic mass is 16.4. The lowest BCUT2D eigenvalue weighted by molar-refractivity contribution is -0.129. The van der Waals surface area contributed by atoms with E-state index in [0.29, 0.717) is 6.42 Å². The van der Waals surface area contributed by atoms with Crippen molar-refractivity contribution in [3.05, 3.63) is 77.9 Å². The van der Waals surface area contributed by atoms with E-state index in [9.17, 15) is 9.90 Å². The minimum absolute atomic E-state index is 0.200. The summed E-state index contributed by atoms with van der Waals surface area (Å²) in [4.78, 5) is 16.2. The minimum Gasteiger partial charge on any atom is -0.477 e. The fraction of sp³-hybridized carbons (Fsp3) is 0.100. The van der Waals surface area contributed by atoms with Crippen molar-refractivity contribution >= 4 is 28.1 Å². The molecule has 0 aliphatic carbocycles. The van der Waals surface area contributed by atoms with Gasteiger partial charge >= 0.3 is 5.97 Å². The number of aliphatic imine (C=N–C) groups is 1. The topological polar surface area (TPSA) is 49.7 Å². The van der Waals surface area contributed by atoms with Gasteiger partial charge in [0.1, 0.15) is 5.71 Å². The van der Waals surface area contributed by atoms with Crippen molar-refractivity contribution in [1.82, 2.24) is 0 Å². The lowest BCUT2D eigenvalue weighted by Crippen LogP contribution is -2.20. The Kier molecular flexibility index (Phi) is 3.19. The van der Waals surface area contributed by atoms with Gasteiger partial charge in [-0.25, -0.2) is 9.79 Å². The van der Waals surface area contributed by atoms with Crippen molar-refractivity contribution in [2.75, 3.05) is 0 Å². The van der Waals surface area contributed by atoms with Gasteiger partial charge in [-0.05, 0) is 22.9 Å². The van der Waals surface area contributed by atoms with E-state index in [1.807, 2.05) is 66.7 Å². The average Bonchev–Trinajstić information content (AvgIpc) is 2.95. The smallest absolute Gasteiger partial charge is 0.350 e. The van der Waals surface area contributed by atoms with E-state index in [0.717, 1.165) is 27.6 Å². The summed E-state index contributed by atoms with van der Waals surface area (Å²) < 4.78 is 0. The molecule has 3 heteroatoms. The zero-order valence-corrected chi connectivity index (χ0v) is 12.4. The fourth-order valence-corrected chi connectivity index (χ4v) is 3.28. The van der Waals surface area contributed by atoms with E-state index in [2.05, 4.69) is 4.99 Å². The predicted octanol–water partition coefficient (Wildman–Crippen LogP) is 4.34. The summed E-state index contributed by atoms with van der Waals surface area (Å²) >= 11 is 0. The van der Waals surface area contributed by atoms with E-state index in [-0.39, 0.29) is 11.6 Å². The van der Waals surface area contributed by atoms with Gasteiger partial charge in [-0.3, -0.25) is 0 Å². The van der Waals surface area contributed by atoms with Crippen LogP contribution in [-0.2, 0) is 11.2 Å². The number of hydrogen-bond acceptors (Lipinski definition) is 2. The van der Waals surface area contributed by atoms with Gasteiger partial charge in [-0.2, -0.15) is 0 Å². The summed E-state index contributed by atoms with van der Waals surface area (Å²) in [7, 11) is 0. The summed E-state index contributed by atoms with van der Waals surface area (Å²) in [5.41, 5.74) is 3.17. The van der Waals surface area contributed by atoms with Gasteiger partial charge in [0, 0.05) is 11.3 Å². The molecule has 0 saturated heterocycles. The second-order valence-electron chi connectivity index (χ2n) is 5.77.